The molecule has 1 aliphatic heterocycles. The van der Waals surface area contributed by atoms with Crippen molar-refractivity contribution in [2.45, 2.75) is 27.2 Å². The molecule has 0 bridgehead atoms. The maximum Gasteiger partial charge on any atom is 0.231 e. The van der Waals surface area contributed by atoms with E-state index in [1.165, 1.54) is 6.42 Å². The van der Waals surface area contributed by atoms with Gasteiger partial charge in [0.2, 0.25) is 5.95 Å². The van der Waals surface area contributed by atoms with Crippen molar-refractivity contribution in [3.63, 3.8) is 0 Å². The molecule has 0 amide bonds. The fourth-order valence-electron chi connectivity index (χ4n) is 3.03. The molecule has 2 rings (SSSR count). The molecular weight excluding hydrogens is 310 g/mol. The third-order valence-electron chi connectivity index (χ3n) is 3.85. The second-order valence-electron chi connectivity index (χ2n) is 6.42. The first kappa shape index (κ1) is 17.9. The van der Waals surface area contributed by atoms with Crippen LogP contribution >= 0.6 is 12.2 Å². The first-order valence-corrected chi connectivity index (χ1v) is 8.53. The highest BCUT2D eigenvalue weighted by molar-refractivity contribution is 7.80. The number of anilines is 2. The zero-order valence-electron chi connectivity index (χ0n) is 14.4. The Bertz CT molecular complexity index is 529. The van der Waals surface area contributed by atoms with E-state index >= 15 is 0 Å². The topological polar surface area (TPSA) is 62.3 Å². The SMILES string of the molecule is COCCNC(=S)Nc1nc(C)cc(N2C[C@@H](C)C[C@H](C)C2)n1. The van der Waals surface area contributed by atoms with Crippen LogP contribution < -0.4 is 15.5 Å². The molecule has 0 unspecified atom stereocenters. The van der Waals surface area contributed by atoms with Crippen molar-refractivity contribution in [3.05, 3.63) is 11.8 Å². The second kappa shape index (κ2) is 8.40. The number of hydrogen-bond donors (Lipinski definition) is 2. The zero-order valence-corrected chi connectivity index (χ0v) is 15.2. The van der Waals surface area contributed by atoms with Crippen molar-refractivity contribution < 1.29 is 4.74 Å². The molecule has 1 fully saturated rings. The number of hydrogen-bond acceptors (Lipinski definition) is 5. The molecule has 0 radical (unpaired) electrons. The van der Waals surface area contributed by atoms with Gasteiger partial charge in [0.1, 0.15) is 5.82 Å². The van der Waals surface area contributed by atoms with Crippen LogP contribution in [0, 0.1) is 18.8 Å². The van der Waals surface area contributed by atoms with Crippen LogP contribution in [0.1, 0.15) is 26.0 Å². The quantitative estimate of drug-likeness (QED) is 0.631. The summed E-state index contributed by atoms with van der Waals surface area (Å²) in [6.07, 6.45) is 1.28. The van der Waals surface area contributed by atoms with E-state index in [0.29, 0.717) is 36.0 Å². The van der Waals surface area contributed by atoms with Gasteiger partial charge < -0.3 is 20.3 Å². The molecule has 1 aromatic heterocycles. The average Bonchev–Trinajstić information content (AvgIpc) is 2.46. The van der Waals surface area contributed by atoms with Crippen LogP contribution in [0.4, 0.5) is 11.8 Å². The lowest BCUT2D eigenvalue weighted by molar-refractivity contribution is 0.204. The maximum absolute atomic E-state index is 5.26. The van der Waals surface area contributed by atoms with Crippen LogP contribution in [0.15, 0.2) is 6.07 Å². The predicted molar refractivity (Wildman–Crippen MR) is 98.0 cm³/mol. The lowest BCUT2D eigenvalue weighted by Crippen LogP contribution is -2.39. The summed E-state index contributed by atoms with van der Waals surface area (Å²) >= 11 is 5.26. The van der Waals surface area contributed by atoms with Crippen LogP contribution in [0.3, 0.4) is 0 Å². The Morgan fingerprint density at radius 2 is 2.04 bits per heavy atom. The summed E-state index contributed by atoms with van der Waals surface area (Å²) in [6, 6.07) is 2.04. The summed E-state index contributed by atoms with van der Waals surface area (Å²) in [4.78, 5) is 11.4. The Balaban J connectivity index is 2.05. The molecule has 7 heteroatoms. The van der Waals surface area contributed by atoms with Crippen LogP contribution in [0.5, 0.6) is 0 Å². The monoisotopic (exact) mass is 337 g/mol. The number of rotatable bonds is 5. The van der Waals surface area contributed by atoms with Crippen molar-refractivity contribution in [3.8, 4) is 0 Å². The summed E-state index contributed by atoms with van der Waals surface area (Å²) in [5.74, 6) is 2.88. The number of aromatic nitrogens is 2. The Morgan fingerprint density at radius 1 is 1.35 bits per heavy atom. The zero-order chi connectivity index (χ0) is 16.8. The van der Waals surface area contributed by atoms with E-state index < -0.39 is 0 Å². The molecule has 1 saturated heterocycles. The summed E-state index contributed by atoms with van der Waals surface area (Å²) in [5, 5.41) is 6.64. The number of piperidine rings is 1. The fourth-order valence-corrected chi connectivity index (χ4v) is 3.23. The van der Waals surface area contributed by atoms with Gasteiger partial charge in [-0.1, -0.05) is 13.8 Å². The molecular formula is C16H27N5OS. The Labute approximate surface area is 144 Å². The molecule has 0 aromatic carbocycles. The number of nitrogens with zero attached hydrogens (tertiary/aromatic N) is 3. The molecule has 0 saturated carbocycles. The number of methoxy groups -OCH3 is 1. The van der Waals surface area contributed by atoms with Gasteiger partial charge in [-0.2, -0.15) is 4.98 Å². The number of ether oxygens (including phenoxy) is 1. The summed E-state index contributed by atoms with van der Waals surface area (Å²) in [6.45, 7) is 9.91. The minimum atomic E-state index is 0.513. The van der Waals surface area contributed by atoms with Gasteiger partial charge in [0.05, 0.1) is 6.61 Å². The molecule has 1 aromatic rings. The third-order valence-corrected chi connectivity index (χ3v) is 4.10. The smallest absolute Gasteiger partial charge is 0.231 e. The van der Waals surface area contributed by atoms with Crippen molar-refractivity contribution in [2.24, 2.45) is 11.8 Å². The predicted octanol–water partition coefficient (Wildman–Crippen LogP) is 2.20. The minimum Gasteiger partial charge on any atom is -0.383 e. The number of aryl methyl sites for hydroxylation is 1. The van der Waals surface area contributed by atoms with E-state index in [1.54, 1.807) is 7.11 Å². The van der Waals surface area contributed by atoms with E-state index in [-0.39, 0.29) is 0 Å². The highest BCUT2D eigenvalue weighted by Gasteiger charge is 2.23. The van der Waals surface area contributed by atoms with Gasteiger partial charge in [-0.05, 0) is 37.4 Å². The highest BCUT2D eigenvalue weighted by atomic mass is 32.1. The lowest BCUT2D eigenvalue weighted by atomic mass is 9.92. The van der Waals surface area contributed by atoms with Crippen molar-refractivity contribution in [2.75, 3.05) is 43.6 Å². The van der Waals surface area contributed by atoms with Gasteiger partial charge in [-0.25, -0.2) is 4.98 Å². The van der Waals surface area contributed by atoms with E-state index in [0.717, 1.165) is 24.6 Å². The van der Waals surface area contributed by atoms with Crippen LogP contribution in [0.2, 0.25) is 0 Å². The molecule has 6 nitrogen and oxygen atoms in total. The number of thiocarbonyl (C=S) groups is 1. The normalized spacial score (nSPS) is 21.1. The third kappa shape index (κ3) is 5.58. The largest absolute Gasteiger partial charge is 0.383 e. The first-order valence-electron chi connectivity index (χ1n) is 8.12. The van der Waals surface area contributed by atoms with Crippen LogP contribution in [-0.4, -0.2) is 48.4 Å². The van der Waals surface area contributed by atoms with E-state index in [2.05, 4.69) is 39.3 Å². The van der Waals surface area contributed by atoms with E-state index in [1.807, 2.05) is 13.0 Å². The number of nitrogens with one attached hydrogen (secondary N) is 2. The van der Waals surface area contributed by atoms with E-state index in [9.17, 15) is 0 Å². The minimum absolute atomic E-state index is 0.513. The van der Waals surface area contributed by atoms with Crippen molar-refractivity contribution in [1.82, 2.24) is 15.3 Å². The summed E-state index contributed by atoms with van der Waals surface area (Å²) < 4.78 is 4.99. The van der Waals surface area contributed by atoms with Gasteiger partial charge in [-0.3, -0.25) is 0 Å². The van der Waals surface area contributed by atoms with Crippen molar-refractivity contribution >= 4 is 29.1 Å². The van der Waals surface area contributed by atoms with Crippen molar-refractivity contribution in [1.29, 1.82) is 0 Å². The molecule has 0 aliphatic carbocycles. The average molecular weight is 337 g/mol. The second-order valence-corrected chi connectivity index (χ2v) is 6.82. The standard InChI is InChI=1S/C16H27N5OS/c1-11-7-12(2)10-21(9-11)14-8-13(3)18-15(19-14)20-16(23)17-5-6-22-4/h8,11-12H,5-7,9-10H2,1-4H3,(H2,17,18,19,20,23)/t11-,12-/m0/s1. The van der Waals surface area contributed by atoms with Gasteiger partial charge in [0.25, 0.3) is 0 Å². The summed E-state index contributed by atoms with van der Waals surface area (Å²) in [7, 11) is 1.66. The van der Waals surface area contributed by atoms with Gasteiger partial charge >= 0.3 is 0 Å². The molecule has 2 heterocycles. The van der Waals surface area contributed by atoms with Crippen LogP contribution in [0.25, 0.3) is 0 Å². The highest BCUT2D eigenvalue weighted by Crippen LogP contribution is 2.25. The Morgan fingerprint density at radius 3 is 2.70 bits per heavy atom. The molecule has 1 aliphatic rings. The fraction of sp³-hybridized carbons (Fsp3) is 0.688. The lowest BCUT2D eigenvalue weighted by Gasteiger charge is -2.36. The molecule has 23 heavy (non-hydrogen) atoms. The maximum atomic E-state index is 5.26. The molecule has 2 atom stereocenters. The summed E-state index contributed by atoms with van der Waals surface area (Å²) in [5.41, 5.74) is 0.933. The molecule has 2 N–H and O–H groups in total. The van der Waals surface area contributed by atoms with Crippen LogP contribution in [-0.2, 0) is 4.74 Å². The van der Waals surface area contributed by atoms with Gasteiger partial charge in [0, 0.05) is 38.5 Å². The van der Waals surface area contributed by atoms with Gasteiger partial charge in [0.15, 0.2) is 5.11 Å². The van der Waals surface area contributed by atoms with E-state index in [4.69, 9.17) is 17.0 Å². The molecule has 128 valence electrons. The Kier molecular flexibility index (Phi) is 6.53. The van der Waals surface area contributed by atoms with Gasteiger partial charge in [-0.15, -0.1) is 0 Å². The Hall–Kier alpha value is -1.47. The first-order chi connectivity index (χ1) is 11.0. The molecule has 0 spiro atoms.